The maximum Gasteiger partial charge on any atom is 0.0170 e. The molecule has 12 heavy (non-hydrogen) atoms. The minimum absolute atomic E-state index is 0.289. The maximum absolute atomic E-state index is 6.07. The third-order valence-electron chi connectivity index (χ3n) is 5.27. The highest BCUT2D eigenvalue weighted by Crippen LogP contribution is 2.85. The molecule has 0 atom stereocenters. The fourth-order valence-corrected chi connectivity index (χ4v) is 4.86. The molecule has 0 spiro atoms. The summed E-state index contributed by atoms with van der Waals surface area (Å²) >= 11 is 0. The summed E-state index contributed by atoms with van der Waals surface area (Å²) in [6, 6.07) is 0. The van der Waals surface area contributed by atoms with Crippen LogP contribution >= 0.6 is 0 Å². The van der Waals surface area contributed by atoms with E-state index in [0.717, 1.165) is 0 Å². The largest absolute Gasteiger partial charge is 0.325 e. The van der Waals surface area contributed by atoms with Gasteiger partial charge in [0, 0.05) is 11.1 Å². The van der Waals surface area contributed by atoms with Gasteiger partial charge in [0.15, 0.2) is 0 Å². The minimum Gasteiger partial charge on any atom is -0.325 e. The Morgan fingerprint density at radius 2 is 0.833 bits per heavy atom. The highest BCUT2D eigenvalue weighted by molar-refractivity contribution is 5.37. The van der Waals surface area contributed by atoms with Crippen molar-refractivity contribution in [3.8, 4) is 0 Å². The van der Waals surface area contributed by atoms with Gasteiger partial charge in [0.05, 0.1) is 0 Å². The Balaban J connectivity index is 1.63. The Labute approximate surface area is 72.7 Å². The van der Waals surface area contributed by atoms with Crippen LogP contribution in [0, 0.1) is 10.8 Å². The van der Waals surface area contributed by atoms with Gasteiger partial charge in [0.1, 0.15) is 0 Å². The second kappa shape index (κ2) is 1.20. The molecule has 0 heterocycles. The van der Waals surface area contributed by atoms with Gasteiger partial charge >= 0.3 is 0 Å². The standard InChI is InChI=1S/C10H16N2/c11-9-1-7(2-9,3-9)8-4-10(12,5-8)6-8/h1-6,11-12H2. The lowest BCUT2D eigenvalue weighted by atomic mass is 9.20. The van der Waals surface area contributed by atoms with E-state index in [2.05, 4.69) is 0 Å². The van der Waals surface area contributed by atoms with E-state index in [0.29, 0.717) is 10.8 Å². The number of nitrogens with two attached hydrogens (primary N) is 2. The maximum atomic E-state index is 6.07. The van der Waals surface area contributed by atoms with Gasteiger partial charge in [-0.15, -0.1) is 0 Å². The molecular weight excluding hydrogens is 148 g/mol. The van der Waals surface area contributed by atoms with E-state index in [4.69, 9.17) is 11.5 Å². The van der Waals surface area contributed by atoms with Gasteiger partial charge in [-0.05, 0) is 49.4 Å². The Morgan fingerprint density at radius 1 is 0.583 bits per heavy atom. The second-order valence-corrected chi connectivity index (χ2v) is 6.35. The number of hydrogen-bond donors (Lipinski definition) is 2. The molecule has 66 valence electrons. The molecule has 0 aromatic heterocycles. The summed E-state index contributed by atoms with van der Waals surface area (Å²) in [5, 5.41) is 0. The molecule has 0 radical (unpaired) electrons. The summed E-state index contributed by atoms with van der Waals surface area (Å²) in [5.74, 6) is 0. The lowest BCUT2D eigenvalue weighted by Gasteiger charge is -2.86. The molecule has 0 unspecified atom stereocenters. The van der Waals surface area contributed by atoms with E-state index in [9.17, 15) is 0 Å². The smallest absolute Gasteiger partial charge is 0.0170 e. The third-order valence-corrected chi connectivity index (χ3v) is 5.27. The summed E-state index contributed by atoms with van der Waals surface area (Å²) < 4.78 is 0. The lowest BCUT2D eigenvalue weighted by Crippen LogP contribution is -2.87. The molecule has 0 aliphatic heterocycles. The Bertz CT molecular complexity index is 225. The Morgan fingerprint density at radius 3 is 1.00 bits per heavy atom. The molecule has 0 aromatic rings. The van der Waals surface area contributed by atoms with Crippen molar-refractivity contribution in [1.29, 1.82) is 0 Å². The van der Waals surface area contributed by atoms with Gasteiger partial charge < -0.3 is 11.5 Å². The first kappa shape index (κ1) is 6.39. The Kier molecular flexibility index (Phi) is 0.639. The molecule has 6 saturated carbocycles. The van der Waals surface area contributed by atoms with Crippen molar-refractivity contribution in [2.45, 2.75) is 49.6 Å². The van der Waals surface area contributed by atoms with Gasteiger partial charge in [-0.2, -0.15) is 0 Å². The van der Waals surface area contributed by atoms with Crippen LogP contribution in [0.15, 0.2) is 0 Å². The van der Waals surface area contributed by atoms with Crippen LogP contribution in [0.25, 0.3) is 0 Å². The van der Waals surface area contributed by atoms with E-state index in [-0.39, 0.29) is 11.1 Å². The fourth-order valence-electron chi connectivity index (χ4n) is 4.86. The predicted octanol–water partition coefficient (Wildman–Crippen LogP) is 0.749. The summed E-state index contributed by atoms with van der Waals surface area (Å²) in [4.78, 5) is 0. The molecule has 4 N–H and O–H groups in total. The molecule has 6 fully saturated rings. The van der Waals surface area contributed by atoms with Gasteiger partial charge in [-0.1, -0.05) is 0 Å². The Hall–Kier alpha value is -0.0800. The fraction of sp³-hybridized carbons (Fsp3) is 1.00. The van der Waals surface area contributed by atoms with Crippen LogP contribution in [0.1, 0.15) is 38.5 Å². The molecule has 0 saturated heterocycles. The molecule has 6 aliphatic carbocycles. The molecule has 0 aromatic carbocycles. The molecule has 0 amide bonds. The average Bonchev–Trinajstić information content (AvgIpc) is 1.69. The van der Waals surface area contributed by atoms with E-state index >= 15 is 0 Å². The molecule has 6 aliphatic rings. The van der Waals surface area contributed by atoms with Crippen LogP contribution < -0.4 is 11.5 Å². The second-order valence-electron chi connectivity index (χ2n) is 6.35. The minimum atomic E-state index is 0.289. The molecule has 4 bridgehead atoms. The number of hydrogen-bond acceptors (Lipinski definition) is 2. The zero-order valence-electron chi connectivity index (χ0n) is 7.40. The van der Waals surface area contributed by atoms with Gasteiger partial charge in [-0.3, -0.25) is 0 Å². The normalized spacial score (nSPS) is 76.5. The molecular formula is C10H16N2. The third kappa shape index (κ3) is 0.391. The van der Waals surface area contributed by atoms with Crippen LogP contribution in [0.2, 0.25) is 0 Å². The van der Waals surface area contributed by atoms with Crippen molar-refractivity contribution >= 4 is 0 Å². The van der Waals surface area contributed by atoms with Crippen molar-refractivity contribution < 1.29 is 0 Å². The van der Waals surface area contributed by atoms with Gasteiger partial charge in [0.25, 0.3) is 0 Å². The van der Waals surface area contributed by atoms with Crippen LogP contribution in [0.5, 0.6) is 0 Å². The van der Waals surface area contributed by atoms with Gasteiger partial charge in [0.2, 0.25) is 0 Å². The van der Waals surface area contributed by atoms with Crippen LogP contribution in [0.4, 0.5) is 0 Å². The monoisotopic (exact) mass is 164 g/mol. The molecule has 6 rings (SSSR count). The average molecular weight is 164 g/mol. The van der Waals surface area contributed by atoms with Crippen molar-refractivity contribution in [1.82, 2.24) is 0 Å². The first-order valence-electron chi connectivity index (χ1n) is 5.07. The van der Waals surface area contributed by atoms with Crippen molar-refractivity contribution in [2.24, 2.45) is 22.3 Å². The van der Waals surface area contributed by atoms with E-state index in [1.165, 1.54) is 38.5 Å². The van der Waals surface area contributed by atoms with Crippen molar-refractivity contribution in [2.75, 3.05) is 0 Å². The summed E-state index contributed by atoms with van der Waals surface area (Å²) in [6.45, 7) is 0. The summed E-state index contributed by atoms with van der Waals surface area (Å²) in [6.07, 6.45) is 7.89. The zero-order chi connectivity index (χ0) is 8.24. The molecule has 2 nitrogen and oxygen atoms in total. The highest BCUT2D eigenvalue weighted by atomic mass is 15.0. The number of rotatable bonds is 1. The van der Waals surface area contributed by atoms with Crippen molar-refractivity contribution in [3.63, 3.8) is 0 Å². The van der Waals surface area contributed by atoms with Gasteiger partial charge in [-0.25, -0.2) is 0 Å². The first-order valence-corrected chi connectivity index (χ1v) is 5.07. The summed E-state index contributed by atoms with van der Waals surface area (Å²) in [5.41, 5.74) is 14.1. The van der Waals surface area contributed by atoms with E-state index in [1.54, 1.807) is 0 Å². The van der Waals surface area contributed by atoms with Crippen molar-refractivity contribution in [3.05, 3.63) is 0 Å². The topological polar surface area (TPSA) is 52.0 Å². The first-order chi connectivity index (χ1) is 5.49. The predicted molar refractivity (Wildman–Crippen MR) is 46.4 cm³/mol. The SMILES string of the molecule is NC12CC(C34CC(N)(C3)C4)(C1)C2. The van der Waals surface area contributed by atoms with Crippen LogP contribution in [-0.4, -0.2) is 11.1 Å². The summed E-state index contributed by atoms with van der Waals surface area (Å²) in [7, 11) is 0. The zero-order valence-corrected chi connectivity index (χ0v) is 7.40. The highest BCUT2D eigenvalue weighted by Gasteiger charge is 2.82. The van der Waals surface area contributed by atoms with Crippen LogP contribution in [0.3, 0.4) is 0 Å². The van der Waals surface area contributed by atoms with E-state index in [1.807, 2.05) is 0 Å². The quantitative estimate of drug-likeness (QED) is 0.601. The van der Waals surface area contributed by atoms with E-state index < -0.39 is 0 Å². The molecule has 2 heteroatoms. The lowest BCUT2D eigenvalue weighted by molar-refractivity contribution is -0.324. The van der Waals surface area contributed by atoms with Crippen LogP contribution in [-0.2, 0) is 0 Å².